The number of piperazine rings is 1. The van der Waals surface area contributed by atoms with Gasteiger partial charge in [-0.1, -0.05) is 0 Å². The topological polar surface area (TPSA) is 80.7 Å². The molecule has 1 aliphatic heterocycles. The number of anilines is 2. The van der Waals surface area contributed by atoms with E-state index < -0.39 is 5.97 Å². The minimum absolute atomic E-state index is 0.212. The van der Waals surface area contributed by atoms with Gasteiger partial charge in [0.2, 0.25) is 5.88 Å². The van der Waals surface area contributed by atoms with Crippen LogP contribution in [-0.2, 0) is 4.74 Å². The largest absolute Gasteiger partial charge is 0.481 e. The fourth-order valence-electron chi connectivity index (χ4n) is 2.57. The monoisotopic (exact) mass is 329 g/mol. The van der Waals surface area contributed by atoms with Crippen LogP contribution in [0, 0.1) is 0 Å². The number of hydrogen-bond donors (Lipinski definition) is 0. The summed E-state index contributed by atoms with van der Waals surface area (Å²) in [5.41, 5.74) is 1.28. The minimum atomic E-state index is -0.481. The minimum Gasteiger partial charge on any atom is -0.481 e. The average Bonchev–Trinajstić information content (AvgIpc) is 2.68. The predicted molar refractivity (Wildman–Crippen MR) is 88.6 cm³/mol. The van der Waals surface area contributed by atoms with E-state index in [4.69, 9.17) is 4.74 Å². The van der Waals surface area contributed by atoms with Crippen molar-refractivity contribution in [3.63, 3.8) is 0 Å². The van der Waals surface area contributed by atoms with Crippen LogP contribution in [0.25, 0.3) is 0 Å². The van der Waals surface area contributed by atoms with Crippen molar-refractivity contribution in [2.75, 3.05) is 50.2 Å². The number of nitrogens with zero attached hydrogens (tertiary/aromatic N) is 5. The lowest BCUT2D eigenvalue weighted by molar-refractivity contribution is 0.0593. The molecule has 3 heterocycles. The van der Waals surface area contributed by atoms with E-state index in [0.29, 0.717) is 5.88 Å². The molecule has 2 aromatic rings. The number of hydrogen-bond acceptors (Lipinski definition) is 8. The molecule has 1 fully saturated rings. The summed E-state index contributed by atoms with van der Waals surface area (Å²) >= 11 is 0. The molecule has 0 unspecified atom stereocenters. The van der Waals surface area contributed by atoms with Crippen LogP contribution in [0.3, 0.4) is 0 Å². The molecule has 0 N–H and O–H groups in total. The van der Waals surface area contributed by atoms with Crippen LogP contribution in [-0.4, -0.2) is 61.3 Å². The van der Waals surface area contributed by atoms with Gasteiger partial charge in [0.1, 0.15) is 5.82 Å². The normalized spacial score (nSPS) is 14.4. The van der Waals surface area contributed by atoms with E-state index in [-0.39, 0.29) is 5.69 Å². The maximum atomic E-state index is 11.4. The SMILES string of the molecule is COC(=O)c1cnc(N2CCN(c3ccc(OC)nc3)CC2)cn1. The number of carbonyl (C=O) groups is 1. The van der Waals surface area contributed by atoms with Gasteiger partial charge in [-0.25, -0.2) is 19.7 Å². The number of aromatic nitrogens is 3. The van der Waals surface area contributed by atoms with Crippen molar-refractivity contribution in [1.82, 2.24) is 15.0 Å². The molecule has 0 atom stereocenters. The Bertz CT molecular complexity index is 682. The molecular weight excluding hydrogens is 310 g/mol. The molecule has 0 spiro atoms. The van der Waals surface area contributed by atoms with Crippen molar-refractivity contribution in [3.05, 3.63) is 36.4 Å². The molecule has 0 aliphatic carbocycles. The van der Waals surface area contributed by atoms with Crippen LogP contribution in [0.4, 0.5) is 11.5 Å². The van der Waals surface area contributed by atoms with E-state index in [1.807, 2.05) is 18.3 Å². The maximum Gasteiger partial charge on any atom is 0.358 e. The predicted octanol–water partition coefficient (Wildman–Crippen LogP) is 0.993. The zero-order valence-corrected chi connectivity index (χ0v) is 13.7. The van der Waals surface area contributed by atoms with Gasteiger partial charge in [0.25, 0.3) is 0 Å². The first-order chi connectivity index (χ1) is 11.7. The molecule has 0 radical (unpaired) electrons. The third kappa shape index (κ3) is 3.37. The number of ether oxygens (including phenoxy) is 2. The van der Waals surface area contributed by atoms with Crippen molar-refractivity contribution < 1.29 is 14.3 Å². The van der Waals surface area contributed by atoms with Gasteiger partial charge in [0.05, 0.1) is 38.5 Å². The molecular formula is C16H19N5O3. The van der Waals surface area contributed by atoms with E-state index in [1.54, 1.807) is 13.3 Å². The molecule has 3 rings (SSSR count). The van der Waals surface area contributed by atoms with E-state index in [1.165, 1.54) is 13.3 Å². The molecule has 0 bridgehead atoms. The highest BCUT2D eigenvalue weighted by atomic mass is 16.5. The van der Waals surface area contributed by atoms with Crippen LogP contribution in [0.5, 0.6) is 5.88 Å². The lowest BCUT2D eigenvalue weighted by Gasteiger charge is -2.36. The molecule has 0 aromatic carbocycles. The molecule has 8 nitrogen and oxygen atoms in total. The van der Waals surface area contributed by atoms with Gasteiger partial charge >= 0.3 is 5.97 Å². The standard InChI is InChI=1S/C16H19N5O3/c1-23-15-4-3-12(9-19-15)20-5-7-21(8-6-20)14-11-17-13(10-18-14)16(22)24-2/h3-4,9-11H,5-8H2,1-2H3. The number of methoxy groups -OCH3 is 2. The number of carbonyl (C=O) groups excluding carboxylic acids is 1. The van der Waals surface area contributed by atoms with Crippen molar-refractivity contribution >= 4 is 17.5 Å². The third-order valence-electron chi connectivity index (χ3n) is 3.93. The molecule has 1 aliphatic rings. The highest BCUT2D eigenvalue weighted by Crippen LogP contribution is 2.20. The Morgan fingerprint density at radius 3 is 2.25 bits per heavy atom. The highest BCUT2D eigenvalue weighted by molar-refractivity contribution is 5.86. The lowest BCUT2D eigenvalue weighted by atomic mass is 10.2. The lowest BCUT2D eigenvalue weighted by Crippen LogP contribution is -2.46. The van der Waals surface area contributed by atoms with Gasteiger partial charge in [-0.2, -0.15) is 0 Å². The van der Waals surface area contributed by atoms with Gasteiger partial charge < -0.3 is 19.3 Å². The van der Waals surface area contributed by atoms with Crippen LogP contribution in [0.1, 0.15) is 10.5 Å². The first kappa shape index (κ1) is 16.0. The summed E-state index contributed by atoms with van der Waals surface area (Å²) in [5, 5.41) is 0. The van der Waals surface area contributed by atoms with E-state index in [0.717, 1.165) is 37.7 Å². The summed E-state index contributed by atoms with van der Waals surface area (Å²) < 4.78 is 9.70. The molecule has 24 heavy (non-hydrogen) atoms. The average molecular weight is 329 g/mol. The van der Waals surface area contributed by atoms with Gasteiger partial charge in [-0.05, 0) is 6.07 Å². The van der Waals surface area contributed by atoms with Crippen molar-refractivity contribution in [2.45, 2.75) is 0 Å². The molecule has 0 saturated carbocycles. The summed E-state index contributed by atoms with van der Waals surface area (Å²) in [5.74, 6) is 0.888. The van der Waals surface area contributed by atoms with Gasteiger partial charge in [0.15, 0.2) is 5.69 Å². The molecule has 8 heteroatoms. The van der Waals surface area contributed by atoms with Crippen molar-refractivity contribution in [1.29, 1.82) is 0 Å². The Morgan fingerprint density at radius 1 is 0.958 bits per heavy atom. The molecule has 126 valence electrons. The fraction of sp³-hybridized carbons (Fsp3) is 0.375. The van der Waals surface area contributed by atoms with Gasteiger partial charge in [-0.3, -0.25) is 0 Å². The Hall–Kier alpha value is -2.90. The number of pyridine rings is 1. The quantitative estimate of drug-likeness (QED) is 0.768. The van der Waals surface area contributed by atoms with Crippen LogP contribution in [0.2, 0.25) is 0 Å². The summed E-state index contributed by atoms with van der Waals surface area (Å²) in [7, 11) is 2.93. The van der Waals surface area contributed by atoms with E-state index in [2.05, 4.69) is 29.5 Å². The van der Waals surface area contributed by atoms with E-state index >= 15 is 0 Å². The Kier molecular flexibility index (Phi) is 4.74. The summed E-state index contributed by atoms with van der Waals surface area (Å²) in [6.07, 6.45) is 4.87. The smallest absolute Gasteiger partial charge is 0.358 e. The zero-order chi connectivity index (χ0) is 16.9. The van der Waals surface area contributed by atoms with E-state index in [9.17, 15) is 4.79 Å². The summed E-state index contributed by atoms with van der Waals surface area (Å²) in [4.78, 5) is 28.4. The zero-order valence-electron chi connectivity index (χ0n) is 13.7. The molecule has 2 aromatic heterocycles. The molecule has 1 saturated heterocycles. The van der Waals surface area contributed by atoms with Gasteiger partial charge in [0, 0.05) is 32.2 Å². The first-order valence-electron chi connectivity index (χ1n) is 7.61. The molecule has 0 amide bonds. The number of rotatable bonds is 4. The third-order valence-corrected chi connectivity index (χ3v) is 3.93. The van der Waals surface area contributed by atoms with Gasteiger partial charge in [-0.15, -0.1) is 0 Å². The van der Waals surface area contributed by atoms with Crippen LogP contribution in [0.15, 0.2) is 30.7 Å². The second-order valence-corrected chi connectivity index (χ2v) is 5.28. The Labute approximate surface area is 140 Å². The Balaban J connectivity index is 1.61. The number of esters is 1. The maximum absolute atomic E-state index is 11.4. The second-order valence-electron chi connectivity index (χ2n) is 5.28. The summed E-state index contributed by atoms with van der Waals surface area (Å²) in [6.45, 7) is 3.35. The second kappa shape index (κ2) is 7.12. The fourth-order valence-corrected chi connectivity index (χ4v) is 2.57. The van der Waals surface area contributed by atoms with Crippen LogP contribution < -0.4 is 14.5 Å². The summed E-state index contributed by atoms with van der Waals surface area (Å²) in [6, 6.07) is 3.87. The van der Waals surface area contributed by atoms with Crippen molar-refractivity contribution in [3.8, 4) is 5.88 Å². The first-order valence-corrected chi connectivity index (χ1v) is 7.61. The van der Waals surface area contributed by atoms with Crippen molar-refractivity contribution in [2.24, 2.45) is 0 Å². The van der Waals surface area contributed by atoms with Crippen LogP contribution >= 0.6 is 0 Å². The highest BCUT2D eigenvalue weighted by Gasteiger charge is 2.19. The Morgan fingerprint density at radius 2 is 1.71 bits per heavy atom.